The van der Waals surface area contributed by atoms with E-state index in [1.807, 2.05) is 0 Å². The molecular weight excluding hydrogens is 224 g/mol. The Balaban J connectivity index is 2.17. The Morgan fingerprint density at radius 2 is 2.00 bits per heavy atom. The van der Waals surface area contributed by atoms with E-state index in [9.17, 15) is 0 Å². The summed E-state index contributed by atoms with van der Waals surface area (Å²) in [5.74, 6) is 3.58. The summed E-state index contributed by atoms with van der Waals surface area (Å²) in [5.41, 5.74) is 5.76. The van der Waals surface area contributed by atoms with Crippen LogP contribution in [0, 0.1) is 5.92 Å². The maximum atomic E-state index is 5.76. The van der Waals surface area contributed by atoms with Crippen molar-refractivity contribution in [2.75, 3.05) is 6.54 Å². The van der Waals surface area contributed by atoms with Gasteiger partial charge in [-0.1, -0.05) is 26.7 Å². The summed E-state index contributed by atoms with van der Waals surface area (Å²) in [7, 11) is 0. The topological polar surface area (TPSA) is 56.7 Å². The average Bonchev–Trinajstić information content (AvgIpc) is 2.81. The smallest absolute Gasteiger partial charge is 0.136 e. The highest BCUT2D eigenvalue weighted by atomic mass is 15.3. The van der Waals surface area contributed by atoms with Crippen molar-refractivity contribution in [2.45, 2.75) is 64.8 Å². The molecule has 0 spiro atoms. The van der Waals surface area contributed by atoms with Gasteiger partial charge in [0, 0.05) is 18.9 Å². The lowest BCUT2D eigenvalue weighted by atomic mass is 9.95. The SMILES string of the molecule is CCCC(CCC)c1nnc2n1CCC(CN)C2. The second-order valence-electron chi connectivity index (χ2n) is 5.49. The molecule has 0 saturated heterocycles. The van der Waals surface area contributed by atoms with Crippen LogP contribution in [-0.4, -0.2) is 21.3 Å². The Morgan fingerprint density at radius 3 is 2.61 bits per heavy atom. The highest BCUT2D eigenvalue weighted by Gasteiger charge is 2.25. The van der Waals surface area contributed by atoms with Gasteiger partial charge >= 0.3 is 0 Å². The molecule has 18 heavy (non-hydrogen) atoms. The monoisotopic (exact) mass is 250 g/mol. The number of rotatable bonds is 6. The van der Waals surface area contributed by atoms with E-state index < -0.39 is 0 Å². The van der Waals surface area contributed by atoms with Crippen LogP contribution in [0.3, 0.4) is 0 Å². The third kappa shape index (κ3) is 2.74. The van der Waals surface area contributed by atoms with Crippen LogP contribution >= 0.6 is 0 Å². The number of nitrogens with zero attached hydrogens (tertiary/aromatic N) is 3. The van der Waals surface area contributed by atoms with Gasteiger partial charge in [0.1, 0.15) is 11.6 Å². The van der Waals surface area contributed by atoms with Crippen LogP contribution in [0.4, 0.5) is 0 Å². The van der Waals surface area contributed by atoms with Gasteiger partial charge in [0.25, 0.3) is 0 Å². The van der Waals surface area contributed by atoms with Crippen LogP contribution < -0.4 is 5.73 Å². The Hall–Kier alpha value is -0.900. The predicted molar refractivity (Wildman–Crippen MR) is 73.4 cm³/mol. The lowest BCUT2D eigenvalue weighted by molar-refractivity contribution is 0.374. The van der Waals surface area contributed by atoms with Crippen molar-refractivity contribution in [2.24, 2.45) is 11.7 Å². The Morgan fingerprint density at radius 1 is 1.28 bits per heavy atom. The zero-order chi connectivity index (χ0) is 13.0. The number of aromatic nitrogens is 3. The molecule has 2 heterocycles. The quantitative estimate of drug-likeness (QED) is 0.844. The summed E-state index contributed by atoms with van der Waals surface area (Å²) < 4.78 is 2.36. The normalized spacial score (nSPS) is 19.2. The number of nitrogens with two attached hydrogens (primary N) is 1. The molecule has 1 aliphatic heterocycles. The molecule has 0 aliphatic carbocycles. The van der Waals surface area contributed by atoms with Gasteiger partial charge in [-0.2, -0.15) is 0 Å². The van der Waals surface area contributed by atoms with Crippen LogP contribution in [0.2, 0.25) is 0 Å². The first-order valence-electron chi connectivity index (χ1n) is 7.42. The minimum atomic E-state index is 0.593. The van der Waals surface area contributed by atoms with Crippen molar-refractivity contribution in [3.8, 4) is 0 Å². The molecule has 4 heteroatoms. The van der Waals surface area contributed by atoms with Crippen LogP contribution in [-0.2, 0) is 13.0 Å². The molecule has 1 aromatic rings. The Bertz CT molecular complexity index is 366. The van der Waals surface area contributed by atoms with Gasteiger partial charge in [-0.05, 0) is 31.7 Å². The maximum Gasteiger partial charge on any atom is 0.136 e. The molecular formula is C14H26N4. The lowest BCUT2D eigenvalue weighted by Gasteiger charge is -2.24. The van der Waals surface area contributed by atoms with Crippen LogP contribution in [0.15, 0.2) is 0 Å². The largest absolute Gasteiger partial charge is 0.330 e. The summed E-state index contributed by atoms with van der Waals surface area (Å²) in [4.78, 5) is 0. The lowest BCUT2D eigenvalue weighted by Crippen LogP contribution is -2.26. The van der Waals surface area contributed by atoms with Gasteiger partial charge in [-0.25, -0.2) is 0 Å². The third-order valence-electron chi connectivity index (χ3n) is 4.06. The molecule has 0 radical (unpaired) electrons. The first-order chi connectivity index (χ1) is 8.80. The first-order valence-corrected chi connectivity index (χ1v) is 7.42. The van der Waals surface area contributed by atoms with Gasteiger partial charge in [0.15, 0.2) is 0 Å². The van der Waals surface area contributed by atoms with E-state index in [1.165, 1.54) is 37.9 Å². The van der Waals surface area contributed by atoms with Crippen molar-refractivity contribution >= 4 is 0 Å². The fraction of sp³-hybridized carbons (Fsp3) is 0.857. The second-order valence-corrected chi connectivity index (χ2v) is 5.49. The molecule has 4 nitrogen and oxygen atoms in total. The average molecular weight is 250 g/mol. The fourth-order valence-corrected chi connectivity index (χ4v) is 3.02. The molecule has 0 bridgehead atoms. The molecule has 0 saturated carbocycles. The number of hydrogen-bond acceptors (Lipinski definition) is 3. The van der Waals surface area contributed by atoms with E-state index >= 15 is 0 Å². The zero-order valence-electron chi connectivity index (χ0n) is 11.7. The highest BCUT2D eigenvalue weighted by molar-refractivity contribution is 5.05. The van der Waals surface area contributed by atoms with E-state index in [4.69, 9.17) is 5.73 Å². The van der Waals surface area contributed by atoms with E-state index in [0.29, 0.717) is 11.8 Å². The number of fused-ring (bicyclic) bond motifs is 1. The molecule has 1 atom stereocenters. The molecule has 0 fully saturated rings. The molecule has 102 valence electrons. The standard InChI is InChI=1S/C14H26N4/c1-3-5-12(6-4-2)14-17-16-13-9-11(10-15)7-8-18(13)14/h11-12H,3-10,15H2,1-2H3. The van der Waals surface area contributed by atoms with Gasteiger partial charge in [-0.15, -0.1) is 10.2 Å². The molecule has 0 aromatic carbocycles. The van der Waals surface area contributed by atoms with E-state index in [0.717, 1.165) is 25.3 Å². The van der Waals surface area contributed by atoms with E-state index in [2.05, 4.69) is 28.6 Å². The summed E-state index contributed by atoms with van der Waals surface area (Å²) in [6, 6.07) is 0. The van der Waals surface area contributed by atoms with Crippen LogP contribution in [0.25, 0.3) is 0 Å². The summed E-state index contributed by atoms with van der Waals surface area (Å²) in [5, 5.41) is 8.87. The molecule has 1 unspecified atom stereocenters. The van der Waals surface area contributed by atoms with E-state index in [1.54, 1.807) is 0 Å². The van der Waals surface area contributed by atoms with Gasteiger partial charge < -0.3 is 10.3 Å². The minimum Gasteiger partial charge on any atom is -0.330 e. The maximum absolute atomic E-state index is 5.76. The zero-order valence-corrected chi connectivity index (χ0v) is 11.7. The molecule has 2 rings (SSSR count). The highest BCUT2D eigenvalue weighted by Crippen LogP contribution is 2.28. The van der Waals surface area contributed by atoms with E-state index in [-0.39, 0.29) is 0 Å². The third-order valence-corrected chi connectivity index (χ3v) is 4.06. The molecule has 1 aromatic heterocycles. The molecule has 2 N–H and O–H groups in total. The van der Waals surface area contributed by atoms with Crippen molar-refractivity contribution in [3.63, 3.8) is 0 Å². The Labute approximate surface area is 110 Å². The van der Waals surface area contributed by atoms with Gasteiger partial charge in [0.2, 0.25) is 0 Å². The second kappa shape index (κ2) is 6.32. The molecule has 1 aliphatic rings. The van der Waals surface area contributed by atoms with Gasteiger partial charge in [0.05, 0.1) is 0 Å². The Kier molecular flexibility index (Phi) is 4.75. The first kappa shape index (κ1) is 13.5. The van der Waals surface area contributed by atoms with Crippen molar-refractivity contribution in [3.05, 3.63) is 11.6 Å². The summed E-state index contributed by atoms with van der Waals surface area (Å²) in [6.45, 7) is 6.33. The predicted octanol–water partition coefficient (Wildman–Crippen LogP) is 2.48. The fourth-order valence-electron chi connectivity index (χ4n) is 3.02. The van der Waals surface area contributed by atoms with Crippen LogP contribution in [0.1, 0.15) is 63.5 Å². The summed E-state index contributed by atoms with van der Waals surface area (Å²) in [6.07, 6.45) is 7.09. The number of hydrogen-bond donors (Lipinski definition) is 1. The minimum absolute atomic E-state index is 0.593. The summed E-state index contributed by atoms with van der Waals surface area (Å²) >= 11 is 0. The molecule has 0 amide bonds. The van der Waals surface area contributed by atoms with Crippen molar-refractivity contribution < 1.29 is 0 Å². The van der Waals surface area contributed by atoms with Crippen molar-refractivity contribution in [1.29, 1.82) is 0 Å². The van der Waals surface area contributed by atoms with Gasteiger partial charge in [-0.3, -0.25) is 0 Å². The van der Waals surface area contributed by atoms with Crippen molar-refractivity contribution in [1.82, 2.24) is 14.8 Å². The van der Waals surface area contributed by atoms with Crippen LogP contribution in [0.5, 0.6) is 0 Å².